The molecule has 0 unspecified atom stereocenters. The van der Waals surface area contributed by atoms with E-state index in [1.807, 2.05) is 23.6 Å². The van der Waals surface area contributed by atoms with E-state index < -0.39 is 17.5 Å². The van der Waals surface area contributed by atoms with Crippen LogP contribution in [0.1, 0.15) is 16.9 Å². The fraction of sp³-hybridized carbons (Fsp3) is 0.316. The molecule has 27 heavy (non-hydrogen) atoms. The van der Waals surface area contributed by atoms with Crippen molar-refractivity contribution in [3.05, 3.63) is 52.2 Å². The van der Waals surface area contributed by atoms with Crippen LogP contribution in [0.25, 0.3) is 0 Å². The van der Waals surface area contributed by atoms with Crippen LogP contribution in [0.5, 0.6) is 5.75 Å². The van der Waals surface area contributed by atoms with Crippen LogP contribution < -0.4 is 15.4 Å². The molecule has 0 saturated carbocycles. The molecular weight excluding hydrogens is 366 g/mol. The lowest BCUT2D eigenvalue weighted by atomic mass is 9.84. The smallest absolute Gasteiger partial charge is 0.325 e. The van der Waals surface area contributed by atoms with Gasteiger partial charge in [-0.15, -0.1) is 11.3 Å². The predicted octanol–water partition coefficient (Wildman–Crippen LogP) is 1.64. The molecule has 1 atom stereocenters. The zero-order valence-electron chi connectivity index (χ0n) is 14.6. The zero-order valence-corrected chi connectivity index (χ0v) is 15.4. The summed E-state index contributed by atoms with van der Waals surface area (Å²) in [4.78, 5) is 39.9. The van der Waals surface area contributed by atoms with E-state index in [-0.39, 0.29) is 12.5 Å². The lowest BCUT2D eigenvalue weighted by molar-refractivity contribution is -0.136. The van der Waals surface area contributed by atoms with Crippen molar-refractivity contribution in [2.24, 2.45) is 0 Å². The SMILES string of the molecule is O=C(CN1C(=O)N[C@]2(CCOc3ccccc32)C1=O)NCCc1cccs1. The fourth-order valence-corrected chi connectivity index (χ4v) is 4.20. The van der Waals surface area contributed by atoms with Gasteiger partial charge in [0.05, 0.1) is 6.61 Å². The molecule has 2 aliphatic heterocycles. The highest BCUT2D eigenvalue weighted by molar-refractivity contribution is 7.09. The van der Waals surface area contributed by atoms with Crippen LogP contribution in [0, 0.1) is 0 Å². The summed E-state index contributed by atoms with van der Waals surface area (Å²) >= 11 is 1.62. The number of hydrogen-bond donors (Lipinski definition) is 2. The number of rotatable bonds is 5. The molecule has 1 saturated heterocycles. The minimum atomic E-state index is -1.15. The Hall–Kier alpha value is -2.87. The first-order valence-electron chi connectivity index (χ1n) is 8.76. The van der Waals surface area contributed by atoms with Crippen LogP contribution in [0.15, 0.2) is 41.8 Å². The van der Waals surface area contributed by atoms with Gasteiger partial charge in [0, 0.05) is 23.4 Å². The van der Waals surface area contributed by atoms with Gasteiger partial charge >= 0.3 is 6.03 Å². The topological polar surface area (TPSA) is 87.7 Å². The molecule has 8 heteroatoms. The van der Waals surface area contributed by atoms with Crippen molar-refractivity contribution < 1.29 is 19.1 Å². The number of ether oxygens (including phenoxy) is 1. The molecule has 2 aromatic rings. The average molecular weight is 385 g/mol. The largest absolute Gasteiger partial charge is 0.493 e. The molecule has 1 aromatic carbocycles. The number of hydrogen-bond acceptors (Lipinski definition) is 5. The quantitative estimate of drug-likeness (QED) is 0.766. The zero-order chi connectivity index (χ0) is 18.9. The molecule has 4 rings (SSSR count). The summed E-state index contributed by atoms with van der Waals surface area (Å²) in [5, 5.41) is 7.54. The van der Waals surface area contributed by atoms with Gasteiger partial charge in [-0.3, -0.25) is 14.5 Å². The van der Waals surface area contributed by atoms with Gasteiger partial charge in [-0.1, -0.05) is 24.3 Å². The van der Waals surface area contributed by atoms with E-state index in [4.69, 9.17) is 4.74 Å². The second-order valence-electron chi connectivity index (χ2n) is 6.50. The van der Waals surface area contributed by atoms with Gasteiger partial charge in [0.1, 0.15) is 12.3 Å². The van der Waals surface area contributed by atoms with E-state index in [0.29, 0.717) is 30.9 Å². The number of nitrogens with zero attached hydrogens (tertiary/aromatic N) is 1. The summed E-state index contributed by atoms with van der Waals surface area (Å²) in [6.45, 7) is 0.495. The monoisotopic (exact) mass is 385 g/mol. The maximum Gasteiger partial charge on any atom is 0.325 e. The number of nitrogens with one attached hydrogen (secondary N) is 2. The molecule has 2 aliphatic rings. The van der Waals surface area contributed by atoms with Crippen LogP contribution in [0.2, 0.25) is 0 Å². The summed E-state index contributed by atoms with van der Waals surface area (Å²) < 4.78 is 5.60. The average Bonchev–Trinajstić information content (AvgIpc) is 3.26. The minimum Gasteiger partial charge on any atom is -0.493 e. The van der Waals surface area contributed by atoms with Crippen LogP contribution in [-0.4, -0.2) is 42.4 Å². The first-order chi connectivity index (χ1) is 13.1. The van der Waals surface area contributed by atoms with Crippen LogP contribution in [0.4, 0.5) is 4.79 Å². The van der Waals surface area contributed by atoms with Crippen LogP contribution >= 0.6 is 11.3 Å². The number of carbonyl (C=O) groups excluding carboxylic acids is 3. The first-order valence-corrected chi connectivity index (χ1v) is 9.63. The number of thiophene rings is 1. The third-order valence-corrected chi connectivity index (χ3v) is 5.77. The predicted molar refractivity (Wildman–Crippen MR) is 99.5 cm³/mol. The van der Waals surface area contributed by atoms with Gasteiger partial charge in [0.15, 0.2) is 5.54 Å². The molecule has 4 amide bonds. The number of urea groups is 1. The highest BCUT2D eigenvalue weighted by Gasteiger charge is 2.55. The second-order valence-corrected chi connectivity index (χ2v) is 7.53. The van der Waals surface area contributed by atoms with Gasteiger partial charge in [-0.25, -0.2) is 4.79 Å². The molecule has 3 heterocycles. The van der Waals surface area contributed by atoms with Crippen molar-refractivity contribution in [1.82, 2.24) is 15.5 Å². The second kappa shape index (κ2) is 7.03. The molecule has 0 bridgehead atoms. The number of benzene rings is 1. The summed E-state index contributed by atoms with van der Waals surface area (Å²) in [6.07, 6.45) is 1.06. The fourth-order valence-electron chi connectivity index (χ4n) is 3.49. The first kappa shape index (κ1) is 17.5. The Labute approximate surface area is 160 Å². The van der Waals surface area contributed by atoms with Crippen LogP contribution in [0.3, 0.4) is 0 Å². The summed E-state index contributed by atoms with van der Waals surface area (Å²) in [5.74, 6) is -0.177. The number of imide groups is 1. The van der Waals surface area contributed by atoms with Crippen LogP contribution in [-0.2, 0) is 21.5 Å². The van der Waals surface area contributed by atoms with Gasteiger partial charge < -0.3 is 15.4 Å². The molecule has 7 nitrogen and oxygen atoms in total. The normalized spacial score (nSPS) is 21.0. The molecule has 1 fully saturated rings. The number of fused-ring (bicyclic) bond motifs is 2. The molecule has 2 N–H and O–H groups in total. The number of para-hydroxylation sites is 1. The van der Waals surface area contributed by atoms with Gasteiger partial charge in [0.25, 0.3) is 5.91 Å². The highest BCUT2D eigenvalue weighted by atomic mass is 32.1. The third-order valence-electron chi connectivity index (χ3n) is 4.83. The van der Waals surface area contributed by atoms with Crippen molar-refractivity contribution >= 4 is 29.2 Å². The van der Waals surface area contributed by atoms with Crippen molar-refractivity contribution in [2.45, 2.75) is 18.4 Å². The number of amides is 4. The Morgan fingerprint density at radius 1 is 1.26 bits per heavy atom. The maximum atomic E-state index is 13.1. The summed E-state index contributed by atoms with van der Waals surface area (Å²) in [5.41, 5.74) is -0.515. The van der Waals surface area contributed by atoms with E-state index in [1.54, 1.807) is 29.5 Å². The van der Waals surface area contributed by atoms with Crippen molar-refractivity contribution in [3.8, 4) is 5.75 Å². The molecule has 0 aliphatic carbocycles. The molecule has 1 aromatic heterocycles. The molecule has 0 radical (unpaired) electrons. The van der Waals surface area contributed by atoms with Crippen molar-refractivity contribution in [3.63, 3.8) is 0 Å². The Bertz CT molecular complexity index is 883. The van der Waals surface area contributed by atoms with Gasteiger partial charge in [-0.05, 0) is 23.9 Å². The standard InChI is InChI=1S/C19H19N3O4S/c23-16(20-9-7-13-4-3-11-27-13)12-22-17(24)19(21-18(22)25)8-10-26-15-6-2-1-5-14(15)19/h1-6,11H,7-10,12H2,(H,20,23)(H,21,25)/t19-/m0/s1. The number of carbonyl (C=O) groups is 3. The maximum absolute atomic E-state index is 13.1. The Balaban J connectivity index is 1.44. The van der Waals surface area contributed by atoms with E-state index in [0.717, 1.165) is 11.3 Å². The lowest BCUT2D eigenvalue weighted by Crippen LogP contribution is -2.48. The van der Waals surface area contributed by atoms with Crippen molar-refractivity contribution in [2.75, 3.05) is 19.7 Å². The van der Waals surface area contributed by atoms with E-state index >= 15 is 0 Å². The van der Waals surface area contributed by atoms with Gasteiger partial charge in [0.2, 0.25) is 5.91 Å². The lowest BCUT2D eigenvalue weighted by Gasteiger charge is -2.33. The third kappa shape index (κ3) is 3.16. The minimum absolute atomic E-state index is 0.292. The van der Waals surface area contributed by atoms with E-state index in [9.17, 15) is 14.4 Å². The van der Waals surface area contributed by atoms with Gasteiger partial charge in [-0.2, -0.15) is 0 Å². The summed E-state index contributed by atoms with van der Waals surface area (Å²) in [7, 11) is 0. The Morgan fingerprint density at radius 2 is 2.11 bits per heavy atom. The van der Waals surface area contributed by atoms with E-state index in [2.05, 4.69) is 10.6 Å². The Morgan fingerprint density at radius 3 is 2.93 bits per heavy atom. The molecular formula is C19H19N3O4S. The molecule has 1 spiro atoms. The van der Waals surface area contributed by atoms with Crippen molar-refractivity contribution in [1.29, 1.82) is 0 Å². The molecule has 140 valence electrons. The Kier molecular flexibility index (Phi) is 4.57. The summed E-state index contributed by atoms with van der Waals surface area (Å²) in [6, 6.07) is 10.6. The van der Waals surface area contributed by atoms with E-state index in [1.165, 1.54) is 4.88 Å². The highest BCUT2D eigenvalue weighted by Crippen LogP contribution is 2.40.